The maximum atomic E-state index is 12.8. The third-order valence-corrected chi connectivity index (χ3v) is 6.34. The number of amides is 1. The van der Waals surface area contributed by atoms with Gasteiger partial charge in [-0.2, -0.15) is 0 Å². The number of nitrogens with one attached hydrogen (secondary N) is 1. The first kappa shape index (κ1) is 12.8. The highest BCUT2D eigenvalue weighted by atomic mass is 32.1. The van der Waals surface area contributed by atoms with Gasteiger partial charge in [-0.3, -0.25) is 10.1 Å². The fourth-order valence-electron chi connectivity index (χ4n) is 3.61. The van der Waals surface area contributed by atoms with Gasteiger partial charge >= 0.3 is 0 Å². The highest BCUT2D eigenvalue weighted by Crippen LogP contribution is 2.50. The van der Waals surface area contributed by atoms with Crippen molar-refractivity contribution < 1.29 is 4.79 Å². The van der Waals surface area contributed by atoms with E-state index in [1.54, 1.807) is 0 Å². The van der Waals surface area contributed by atoms with Crippen molar-refractivity contribution in [2.24, 2.45) is 5.41 Å². The van der Waals surface area contributed by atoms with E-state index in [-0.39, 0.29) is 11.7 Å². The van der Waals surface area contributed by atoms with Crippen LogP contribution in [0.5, 0.6) is 0 Å². The summed E-state index contributed by atoms with van der Waals surface area (Å²) in [6.07, 6.45) is 5.99. The minimum atomic E-state index is -0.206. The molecule has 20 heavy (non-hydrogen) atoms. The van der Waals surface area contributed by atoms with Gasteiger partial charge in [0.15, 0.2) is 0 Å². The molecule has 0 bridgehead atoms. The van der Waals surface area contributed by atoms with E-state index in [1.807, 2.05) is 11.3 Å². The maximum Gasteiger partial charge on any atom is 0.244 e. The van der Waals surface area contributed by atoms with Gasteiger partial charge in [0, 0.05) is 16.3 Å². The fraction of sp³-hybridized carbons (Fsp3) is 0.688. The van der Waals surface area contributed by atoms with Gasteiger partial charge < -0.3 is 4.90 Å². The van der Waals surface area contributed by atoms with E-state index in [0.29, 0.717) is 11.3 Å². The van der Waals surface area contributed by atoms with Gasteiger partial charge in [0.25, 0.3) is 0 Å². The molecule has 4 rings (SSSR count). The summed E-state index contributed by atoms with van der Waals surface area (Å²) in [6.45, 7) is 5.38. The summed E-state index contributed by atoms with van der Waals surface area (Å²) in [5, 5.41) is 3.63. The normalized spacial score (nSPS) is 29.8. The average Bonchev–Trinajstić information content (AvgIpc) is 2.97. The van der Waals surface area contributed by atoms with Crippen LogP contribution in [-0.2, 0) is 4.79 Å². The van der Waals surface area contributed by atoms with Crippen molar-refractivity contribution in [1.29, 1.82) is 0 Å². The molecular weight excluding hydrogens is 268 g/mol. The number of hydrogen-bond donors (Lipinski definition) is 1. The molecule has 1 aliphatic heterocycles. The van der Waals surface area contributed by atoms with E-state index in [9.17, 15) is 4.79 Å². The van der Waals surface area contributed by atoms with Gasteiger partial charge in [0.2, 0.25) is 5.91 Å². The number of hydrogen-bond acceptors (Lipinski definition) is 3. The molecule has 1 N–H and O–H groups in total. The number of thiophene rings is 1. The Labute approximate surface area is 124 Å². The van der Waals surface area contributed by atoms with Crippen molar-refractivity contribution in [2.75, 3.05) is 6.54 Å². The maximum absolute atomic E-state index is 12.8. The molecule has 1 spiro atoms. The van der Waals surface area contributed by atoms with Gasteiger partial charge in [-0.05, 0) is 50.2 Å². The van der Waals surface area contributed by atoms with Crippen LogP contribution in [0.3, 0.4) is 0 Å². The molecule has 0 aromatic carbocycles. The molecule has 1 amide bonds. The van der Waals surface area contributed by atoms with Gasteiger partial charge in [-0.1, -0.05) is 13.3 Å². The van der Waals surface area contributed by atoms with Gasteiger partial charge in [0.05, 0.1) is 0 Å². The van der Waals surface area contributed by atoms with E-state index >= 15 is 0 Å². The summed E-state index contributed by atoms with van der Waals surface area (Å²) in [4.78, 5) is 17.5. The number of carbonyl (C=O) groups is 1. The van der Waals surface area contributed by atoms with Gasteiger partial charge in [-0.15, -0.1) is 11.3 Å². The van der Waals surface area contributed by atoms with Crippen molar-refractivity contribution in [3.8, 4) is 0 Å². The highest BCUT2D eigenvalue weighted by Gasteiger charge is 2.60. The minimum Gasteiger partial charge on any atom is -0.320 e. The van der Waals surface area contributed by atoms with Crippen LogP contribution in [0, 0.1) is 12.3 Å². The van der Waals surface area contributed by atoms with Crippen LogP contribution in [0.15, 0.2) is 12.1 Å². The lowest BCUT2D eigenvalue weighted by Gasteiger charge is -2.42. The molecule has 2 heterocycles. The quantitative estimate of drug-likeness (QED) is 0.927. The Kier molecular flexibility index (Phi) is 2.62. The Hall–Kier alpha value is -0.870. The third-order valence-electron chi connectivity index (χ3n) is 5.29. The van der Waals surface area contributed by atoms with Crippen molar-refractivity contribution >= 4 is 17.2 Å². The average molecular weight is 290 g/mol. The molecule has 108 valence electrons. The summed E-state index contributed by atoms with van der Waals surface area (Å²) in [7, 11) is 0. The van der Waals surface area contributed by atoms with Crippen LogP contribution < -0.4 is 5.32 Å². The predicted octanol–water partition coefficient (Wildman–Crippen LogP) is 3.21. The first-order valence-electron chi connectivity index (χ1n) is 7.67. The minimum absolute atomic E-state index is 0.112. The van der Waals surface area contributed by atoms with Crippen LogP contribution in [0.2, 0.25) is 0 Å². The van der Waals surface area contributed by atoms with E-state index in [4.69, 9.17) is 0 Å². The van der Waals surface area contributed by atoms with Gasteiger partial charge in [-0.25, -0.2) is 0 Å². The number of rotatable bonds is 3. The molecule has 1 aromatic heterocycles. The molecule has 2 saturated carbocycles. The molecule has 3 fully saturated rings. The third kappa shape index (κ3) is 1.85. The standard InChI is InChI=1S/C16H22N2OS/c1-11-4-5-12(20-11)13-17-16(8-9-16)14(19)18(13)10-15(2)6-3-7-15/h4-5,13,17H,3,6-10H2,1-2H3. The zero-order chi connectivity index (χ0) is 14.0. The number of carbonyl (C=O) groups excluding carboxylic acids is 1. The van der Waals surface area contributed by atoms with Crippen LogP contribution in [0.25, 0.3) is 0 Å². The second kappa shape index (κ2) is 4.08. The van der Waals surface area contributed by atoms with Crippen LogP contribution in [0.4, 0.5) is 0 Å². The Morgan fingerprint density at radius 1 is 1.35 bits per heavy atom. The Bertz CT molecular complexity index is 557. The monoisotopic (exact) mass is 290 g/mol. The molecule has 1 saturated heterocycles. The van der Waals surface area contributed by atoms with E-state index in [0.717, 1.165) is 19.4 Å². The predicted molar refractivity (Wildman–Crippen MR) is 80.6 cm³/mol. The lowest BCUT2D eigenvalue weighted by atomic mass is 9.70. The molecule has 1 aromatic rings. The fourth-order valence-corrected chi connectivity index (χ4v) is 4.56. The van der Waals surface area contributed by atoms with Crippen LogP contribution in [-0.4, -0.2) is 22.9 Å². The van der Waals surface area contributed by atoms with E-state index in [1.165, 1.54) is 29.0 Å². The summed E-state index contributed by atoms with van der Waals surface area (Å²) < 4.78 is 0. The summed E-state index contributed by atoms with van der Waals surface area (Å²) in [5.74, 6) is 0.349. The zero-order valence-electron chi connectivity index (χ0n) is 12.2. The van der Waals surface area contributed by atoms with Crippen LogP contribution >= 0.6 is 11.3 Å². The molecule has 4 heteroatoms. The lowest BCUT2D eigenvalue weighted by molar-refractivity contribution is -0.133. The molecule has 1 unspecified atom stereocenters. The summed E-state index contributed by atoms with van der Waals surface area (Å²) in [5.41, 5.74) is 0.144. The molecule has 3 aliphatic rings. The first-order valence-corrected chi connectivity index (χ1v) is 8.48. The highest BCUT2D eigenvalue weighted by molar-refractivity contribution is 7.12. The summed E-state index contributed by atoms with van der Waals surface area (Å²) in [6, 6.07) is 4.34. The lowest BCUT2D eigenvalue weighted by Crippen LogP contribution is -2.43. The smallest absolute Gasteiger partial charge is 0.244 e. The Morgan fingerprint density at radius 2 is 2.10 bits per heavy atom. The molecular formula is C16H22N2OS. The Balaban J connectivity index is 1.63. The zero-order valence-corrected chi connectivity index (χ0v) is 13.1. The van der Waals surface area contributed by atoms with Crippen molar-refractivity contribution in [1.82, 2.24) is 10.2 Å². The second-order valence-electron chi connectivity index (χ2n) is 7.17. The van der Waals surface area contributed by atoms with E-state index < -0.39 is 0 Å². The number of aryl methyl sites for hydroxylation is 1. The largest absolute Gasteiger partial charge is 0.320 e. The summed E-state index contributed by atoms with van der Waals surface area (Å²) >= 11 is 1.81. The topological polar surface area (TPSA) is 32.3 Å². The van der Waals surface area contributed by atoms with Gasteiger partial charge in [0.1, 0.15) is 11.7 Å². The van der Waals surface area contributed by atoms with Crippen molar-refractivity contribution in [3.63, 3.8) is 0 Å². The molecule has 3 nitrogen and oxygen atoms in total. The van der Waals surface area contributed by atoms with Crippen molar-refractivity contribution in [3.05, 3.63) is 21.9 Å². The Morgan fingerprint density at radius 3 is 2.60 bits per heavy atom. The van der Waals surface area contributed by atoms with Crippen molar-refractivity contribution in [2.45, 2.75) is 57.7 Å². The second-order valence-corrected chi connectivity index (χ2v) is 8.49. The first-order chi connectivity index (χ1) is 9.51. The number of nitrogens with zero attached hydrogens (tertiary/aromatic N) is 1. The molecule has 1 atom stereocenters. The molecule has 2 aliphatic carbocycles. The SMILES string of the molecule is Cc1ccc(C2NC3(CC3)C(=O)N2CC2(C)CCC2)s1. The molecule has 0 radical (unpaired) electrons. The van der Waals surface area contributed by atoms with Crippen LogP contribution in [0.1, 0.15) is 54.9 Å². The van der Waals surface area contributed by atoms with E-state index in [2.05, 4.69) is 36.2 Å².